The Bertz CT molecular complexity index is 56.6. The van der Waals surface area contributed by atoms with Crippen LogP contribution in [0.1, 0.15) is 32.6 Å². The number of hydrogen-bond acceptors (Lipinski definition) is 2. The summed E-state index contributed by atoms with van der Waals surface area (Å²) in [5.74, 6) is 4.07. The minimum atomic E-state index is 1.33. The van der Waals surface area contributed by atoms with Crippen molar-refractivity contribution in [3.63, 3.8) is 0 Å². The molecule has 0 aliphatic carbocycles. The second-order valence-corrected chi connectivity index (χ2v) is 4.88. The third-order valence-corrected chi connectivity index (χ3v) is 3.46. The third kappa shape index (κ3) is 10.7. The van der Waals surface area contributed by atoms with Gasteiger partial charge in [0.05, 0.1) is 0 Å². The van der Waals surface area contributed by atoms with E-state index in [2.05, 4.69) is 24.9 Å². The molecule has 0 nitrogen and oxygen atoms in total. The SMILES string of the molecule is CCCSCCCCCSC. The van der Waals surface area contributed by atoms with Crippen LogP contribution in [-0.2, 0) is 0 Å². The van der Waals surface area contributed by atoms with Gasteiger partial charge < -0.3 is 0 Å². The molecule has 11 heavy (non-hydrogen) atoms. The first-order chi connectivity index (χ1) is 5.41. The van der Waals surface area contributed by atoms with Crippen LogP contribution in [0.2, 0.25) is 0 Å². The van der Waals surface area contributed by atoms with Crippen LogP contribution in [0.4, 0.5) is 0 Å². The maximum atomic E-state index is 2.25. The molecule has 0 saturated heterocycles. The van der Waals surface area contributed by atoms with Gasteiger partial charge in [0.25, 0.3) is 0 Å². The Labute approximate surface area is 79.9 Å². The molecule has 0 bridgehead atoms. The number of thioether (sulfide) groups is 2. The van der Waals surface area contributed by atoms with Gasteiger partial charge in [0.2, 0.25) is 0 Å². The van der Waals surface area contributed by atoms with Crippen molar-refractivity contribution in [1.82, 2.24) is 0 Å². The Morgan fingerprint density at radius 1 is 0.909 bits per heavy atom. The van der Waals surface area contributed by atoms with Crippen LogP contribution in [0, 0.1) is 0 Å². The van der Waals surface area contributed by atoms with Crippen molar-refractivity contribution in [1.29, 1.82) is 0 Å². The molecule has 0 fully saturated rings. The van der Waals surface area contributed by atoms with Crippen molar-refractivity contribution in [3.05, 3.63) is 0 Å². The molecular weight excluding hydrogens is 172 g/mol. The number of rotatable bonds is 8. The van der Waals surface area contributed by atoms with Crippen LogP contribution in [0.5, 0.6) is 0 Å². The van der Waals surface area contributed by atoms with Gasteiger partial charge in [-0.15, -0.1) is 0 Å². The Kier molecular flexibility index (Phi) is 11.4. The Morgan fingerprint density at radius 2 is 1.64 bits per heavy atom. The first-order valence-electron chi connectivity index (χ1n) is 4.48. The molecule has 0 N–H and O–H groups in total. The lowest BCUT2D eigenvalue weighted by Gasteiger charge is -1.99. The Hall–Kier alpha value is 0.700. The van der Waals surface area contributed by atoms with Crippen LogP contribution in [-0.4, -0.2) is 23.5 Å². The summed E-state index contributed by atoms with van der Waals surface area (Å²) in [6.07, 6.45) is 7.78. The lowest BCUT2D eigenvalue weighted by molar-refractivity contribution is 0.785. The molecule has 0 radical (unpaired) electrons. The van der Waals surface area contributed by atoms with Crippen LogP contribution in [0.3, 0.4) is 0 Å². The van der Waals surface area contributed by atoms with E-state index >= 15 is 0 Å². The second kappa shape index (κ2) is 10.7. The van der Waals surface area contributed by atoms with Gasteiger partial charge in [0.15, 0.2) is 0 Å². The third-order valence-electron chi connectivity index (χ3n) is 1.49. The molecule has 0 aliphatic heterocycles. The predicted molar refractivity (Wildman–Crippen MR) is 59.8 cm³/mol. The van der Waals surface area contributed by atoms with Crippen molar-refractivity contribution in [3.8, 4) is 0 Å². The Balaban J connectivity index is 2.69. The van der Waals surface area contributed by atoms with Gasteiger partial charge in [-0.2, -0.15) is 23.5 Å². The molecule has 0 saturated carbocycles. The number of hydrogen-bond donors (Lipinski definition) is 0. The maximum absolute atomic E-state index is 2.25. The van der Waals surface area contributed by atoms with E-state index in [1.165, 1.54) is 42.9 Å². The van der Waals surface area contributed by atoms with Crippen molar-refractivity contribution in [2.24, 2.45) is 0 Å². The van der Waals surface area contributed by atoms with Gasteiger partial charge in [-0.3, -0.25) is 0 Å². The molecule has 0 aromatic carbocycles. The summed E-state index contributed by atoms with van der Waals surface area (Å²) in [4.78, 5) is 0. The van der Waals surface area contributed by atoms with E-state index in [0.717, 1.165) is 0 Å². The van der Waals surface area contributed by atoms with E-state index in [4.69, 9.17) is 0 Å². The van der Waals surface area contributed by atoms with Gasteiger partial charge in [0.1, 0.15) is 0 Å². The molecule has 0 aromatic rings. The zero-order valence-electron chi connectivity index (χ0n) is 7.77. The maximum Gasteiger partial charge on any atom is -0.00675 e. The van der Waals surface area contributed by atoms with E-state index in [1.807, 2.05) is 11.8 Å². The molecule has 0 unspecified atom stereocenters. The van der Waals surface area contributed by atoms with Gasteiger partial charge in [0, 0.05) is 0 Å². The predicted octanol–water partition coefficient (Wildman–Crippen LogP) is 3.66. The van der Waals surface area contributed by atoms with Gasteiger partial charge in [-0.25, -0.2) is 0 Å². The van der Waals surface area contributed by atoms with Gasteiger partial charge in [-0.1, -0.05) is 13.3 Å². The summed E-state index contributed by atoms with van der Waals surface area (Å²) in [5, 5.41) is 0. The summed E-state index contributed by atoms with van der Waals surface area (Å²) < 4.78 is 0. The molecule has 68 valence electrons. The standard InChI is InChI=1S/C9H20S2/c1-3-7-11-9-6-4-5-8-10-2/h3-9H2,1-2H3. The molecule has 0 spiro atoms. The molecule has 0 amide bonds. The minimum absolute atomic E-state index is 1.33. The summed E-state index contributed by atoms with van der Waals surface area (Å²) in [6, 6.07) is 0. The summed E-state index contributed by atoms with van der Waals surface area (Å²) >= 11 is 4.07. The van der Waals surface area contributed by atoms with E-state index in [9.17, 15) is 0 Å². The highest BCUT2D eigenvalue weighted by Crippen LogP contribution is 2.08. The fourth-order valence-corrected chi connectivity index (χ4v) is 2.27. The molecule has 0 atom stereocenters. The zero-order chi connectivity index (χ0) is 8.36. The smallest absolute Gasteiger partial charge is 0.00675 e. The van der Waals surface area contributed by atoms with E-state index in [0.29, 0.717) is 0 Å². The van der Waals surface area contributed by atoms with Crippen LogP contribution in [0.25, 0.3) is 0 Å². The highest BCUT2D eigenvalue weighted by atomic mass is 32.2. The molecule has 0 rings (SSSR count). The minimum Gasteiger partial charge on any atom is -0.165 e. The fraction of sp³-hybridized carbons (Fsp3) is 1.00. The van der Waals surface area contributed by atoms with Crippen LogP contribution < -0.4 is 0 Å². The second-order valence-electron chi connectivity index (χ2n) is 2.67. The topological polar surface area (TPSA) is 0 Å². The lowest BCUT2D eigenvalue weighted by atomic mass is 10.3. The first-order valence-corrected chi connectivity index (χ1v) is 7.03. The average molecular weight is 192 g/mol. The highest BCUT2D eigenvalue weighted by molar-refractivity contribution is 7.99. The van der Waals surface area contributed by atoms with Gasteiger partial charge >= 0.3 is 0 Å². The normalized spacial score (nSPS) is 10.4. The van der Waals surface area contributed by atoms with Crippen LogP contribution in [0.15, 0.2) is 0 Å². The lowest BCUT2D eigenvalue weighted by Crippen LogP contribution is -1.84. The van der Waals surface area contributed by atoms with Gasteiger partial charge in [-0.05, 0) is 42.8 Å². The van der Waals surface area contributed by atoms with Crippen molar-refractivity contribution in [2.75, 3.05) is 23.5 Å². The fourth-order valence-electron chi connectivity index (χ4n) is 0.874. The summed E-state index contributed by atoms with van der Waals surface area (Å²) in [7, 11) is 0. The molecule has 0 heterocycles. The Morgan fingerprint density at radius 3 is 2.27 bits per heavy atom. The molecule has 0 aliphatic rings. The monoisotopic (exact) mass is 192 g/mol. The van der Waals surface area contributed by atoms with E-state index < -0.39 is 0 Å². The molecule has 0 aromatic heterocycles. The van der Waals surface area contributed by atoms with Crippen molar-refractivity contribution in [2.45, 2.75) is 32.6 Å². The van der Waals surface area contributed by atoms with E-state index in [-0.39, 0.29) is 0 Å². The zero-order valence-corrected chi connectivity index (χ0v) is 9.40. The molecule has 2 heteroatoms. The summed E-state index contributed by atoms with van der Waals surface area (Å²) in [5.41, 5.74) is 0. The molecular formula is C9H20S2. The number of unbranched alkanes of at least 4 members (excludes halogenated alkanes) is 2. The average Bonchev–Trinajstić information content (AvgIpc) is 2.03. The summed E-state index contributed by atoms with van der Waals surface area (Å²) in [6.45, 7) is 2.25. The van der Waals surface area contributed by atoms with E-state index in [1.54, 1.807) is 0 Å². The highest BCUT2D eigenvalue weighted by Gasteiger charge is 1.89. The first kappa shape index (κ1) is 11.7. The quantitative estimate of drug-likeness (QED) is 0.538. The van der Waals surface area contributed by atoms with Crippen molar-refractivity contribution < 1.29 is 0 Å². The largest absolute Gasteiger partial charge is 0.165 e. The van der Waals surface area contributed by atoms with Crippen molar-refractivity contribution >= 4 is 23.5 Å². The van der Waals surface area contributed by atoms with Crippen LogP contribution >= 0.6 is 23.5 Å².